The molecule has 0 bridgehead atoms. The minimum absolute atomic E-state index is 0.284. The lowest BCUT2D eigenvalue weighted by Crippen LogP contribution is -2.39. The summed E-state index contributed by atoms with van der Waals surface area (Å²) in [6.07, 6.45) is 5.26. The van der Waals surface area contributed by atoms with Crippen LogP contribution in [0.5, 0.6) is 11.6 Å². The zero-order valence-electron chi connectivity index (χ0n) is 21.4. The maximum absolute atomic E-state index is 9.00. The first-order chi connectivity index (χ1) is 18.5. The zero-order valence-corrected chi connectivity index (χ0v) is 22.3. The van der Waals surface area contributed by atoms with Gasteiger partial charge in [0.2, 0.25) is 11.8 Å². The predicted molar refractivity (Wildman–Crippen MR) is 151 cm³/mol. The second kappa shape index (κ2) is 11.4. The number of aromatic nitrogens is 2. The standard InChI is InChI=1S/C30H28N6OS/c1-20-16-24(4-3-12-31)17-21(2)27(20)37-28-26-11-15-38-29(26)35-30(34-28)33-25-9-13-36(14-10-25)19-23-7-5-22(18-32)6-8-23/h3-8,11,15-17,25H,9-10,13-14,19H2,1-2H3,(H,33,34,35)/b4-3+. The van der Waals surface area contributed by atoms with Crippen molar-refractivity contribution in [3.63, 3.8) is 0 Å². The van der Waals surface area contributed by atoms with Crippen LogP contribution in [0.1, 0.15) is 40.7 Å². The summed E-state index contributed by atoms with van der Waals surface area (Å²) in [6.45, 7) is 6.85. The first kappa shape index (κ1) is 25.4. The fraction of sp³-hybridized carbons (Fsp3) is 0.267. The Kier molecular flexibility index (Phi) is 7.65. The summed E-state index contributed by atoms with van der Waals surface area (Å²) in [7, 11) is 0. The third kappa shape index (κ3) is 5.84. The molecule has 0 atom stereocenters. The van der Waals surface area contributed by atoms with Gasteiger partial charge in [0.15, 0.2) is 0 Å². The van der Waals surface area contributed by atoms with Crippen LogP contribution in [0, 0.1) is 36.5 Å². The summed E-state index contributed by atoms with van der Waals surface area (Å²) >= 11 is 1.57. The van der Waals surface area contributed by atoms with E-state index < -0.39 is 0 Å². The number of fused-ring (bicyclic) bond motifs is 1. The van der Waals surface area contributed by atoms with E-state index >= 15 is 0 Å². The van der Waals surface area contributed by atoms with Crippen molar-refractivity contribution in [1.29, 1.82) is 10.5 Å². The molecule has 0 aliphatic carbocycles. The van der Waals surface area contributed by atoms with E-state index in [1.807, 2.05) is 67.8 Å². The monoisotopic (exact) mass is 520 g/mol. The molecule has 0 amide bonds. The molecule has 190 valence electrons. The SMILES string of the molecule is Cc1cc(/C=C/C#N)cc(C)c1Oc1nc(NC2CCN(Cc3ccc(C#N)cc3)CC2)nc2sccc12. The van der Waals surface area contributed by atoms with Crippen molar-refractivity contribution >= 4 is 33.6 Å². The van der Waals surface area contributed by atoms with Crippen molar-refractivity contribution in [2.75, 3.05) is 18.4 Å². The van der Waals surface area contributed by atoms with Crippen molar-refractivity contribution in [1.82, 2.24) is 14.9 Å². The second-order valence-electron chi connectivity index (χ2n) is 9.54. The van der Waals surface area contributed by atoms with E-state index in [0.717, 1.165) is 65.1 Å². The molecule has 2 aromatic carbocycles. The molecule has 0 spiro atoms. The Morgan fingerprint density at radius 2 is 1.82 bits per heavy atom. The Balaban J connectivity index is 1.28. The number of hydrogen-bond acceptors (Lipinski definition) is 8. The highest BCUT2D eigenvalue weighted by molar-refractivity contribution is 7.16. The minimum Gasteiger partial charge on any atom is -0.438 e. The van der Waals surface area contributed by atoms with Crippen LogP contribution < -0.4 is 10.1 Å². The molecule has 0 saturated carbocycles. The van der Waals surface area contributed by atoms with Crippen molar-refractivity contribution in [2.45, 2.75) is 39.3 Å². The van der Waals surface area contributed by atoms with Crippen molar-refractivity contribution in [2.24, 2.45) is 0 Å². The third-order valence-electron chi connectivity index (χ3n) is 6.73. The Morgan fingerprint density at radius 3 is 2.50 bits per heavy atom. The van der Waals surface area contributed by atoms with E-state index in [0.29, 0.717) is 17.4 Å². The number of nitrogens with zero attached hydrogens (tertiary/aromatic N) is 5. The number of allylic oxidation sites excluding steroid dienone is 1. The van der Waals surface area contributed by atoms with Crippen LogP contribution in [-0.2, 0) is 6.54 Å². The number of nitrogens with one attached hydrogen (secondary N) is 1. The van der Waals surface area contributed by atoms with E-state index in [9.17, 15) is 0 Å². The van der Waals surface area contributed by atoms with Gasteiger partial charge in [0.1, 0.15) is 10.6 Å². The van der Waals surface area contributed by atoms with Crippen molar-refractivity contribution in [3.05, 3.63) is 81.7 Å². The van der Waals surface area contributed by atoms with Crippen LogP contribution in [0.25, 0.3) is 16.3 Å². The molecule has 5 rings (SSSR count). The van der Waals surface area contributed by atoms with E-state index in [1.165, 1.54) is 11.6 Å². The minimum atomic E-state index is 0.284. The molecule has 1 aliphatic heterocycles. The molecular formula is C30H28N6OS. The molecular weight excluding hydrogens is 492 g/mol. The lowest BCUT2D eigenvalue weighted by Gasteiger charge is -2.32. The number of anilines is 1. The van der Waals surface area contributed by atoms with Gasteiger partial charge in [0, 0.05) is 31.8 Å². The normalized spacial score (nSPS) is 14.4. The third-order valence-corrected chi connectivity index (χ3v) is 7.54. The fourth-order valence-electron chi connectivity index (χ4n) is 4.80. The number of piperidine rings is 1. The highest BCUT2D eigenvalue weighted by atomic mass is 32.1. The number of rotatable bonds is 7. The maximum Gasteiger partial charge on any atom is 0.232 e. The lowest BCUT2D eigenvalue weighted by molar-refractivity contribution is 0.211. The summed E-state index contributed by atoms with van der Waals surface area (Å²) in [5, 5.41) is 24.3. The van der Waals surface area contributed by atoms with E-state index in [-0.39, 0.29) is 6.04 Å². The second-order valence-corrected chi connectivity index (χ2v) is 10.4. The first-order valence-corrected chi connectivity index (χ1v) is 13.5. The molecule has 38 heavy (non-hydrogen) atoms. The molecule has 1 aliphatic rings. The van der Waals surface area contributed by atoms with Crippen LogP contribution >= 0.6 is 11.3 Å². The highest BCUT2D eigenvalue weighted by Gasteiger charge is 2.21. The maximum atomic E-state index is 9.00. The molecule has 0 unspecified atom stereocenters. The van der Waals surface area contributed by atoms with Gasteiger partial charge in [-0.2, -0.15) is 15.5 Å². The van der Waals surface area contributed by atoms with Crippen LogP contribution in [0.15, 0.2) is 53.9 Å². The van der Waals surface area contributed by atoms with Gasteiger partial charge in [-0.15, -0.1) is 11.3 Å². The first-order valence-electron chi connectivity index (χ1n) is 12.6. The number of benzene rings is 2. The summed E-state index contributed by atoms with van der Waals surface area (Å²) in [5.74, 6) is 1.90. The number of ether oxygens (including phenoxy) is 1. The summed E-state index contributed by atoms with van der Waals surface area (Å²) in [6, 6.07) is 18.3. The molecule has 0 radical (unpaired) electrons. The average molecular weight is 521 g/mol. The number of thiophene rings is 1. The average Bonchev–Trinajstić information content (AvgIpc) is 3.40. The smallest absolute Gasteiger partial charge is 0.232 e. The number of aryl methyl sites for hydroxylation is 2. The Hall–Kier alpha value is -4.24. The Morgan fingerprint density at radius 1 is 1.08 bits per heavy atom. The van der Waals surface area contributed by atoms with Gasteiger partial charge in [-0.25, -0.2) is 4.98 Å². The number of hydrogen-bond donors (Lipinski definition) is 1. The number of nitriles is 2. The largest absolute Gasteiger partial charge is 0.438 e. The Labute approximate surface area is 226 Å². The quantitative estimate of drug-likeness (QED) is 0.275. The summed E-state index contributed by atoms with van der Waals surface area (Å²) in [4.78, 5) is 12.9. The molecule has 2 aromatic heterocycles. The fourth-order valence-corrected chi connectivity index (χ4v) is 5.56. The van der Waals surface area contributed by atoms with E-state index in [2.05, 4.69) is 16.3 Å². The number of likely N-dealkylation sites (tertiary alicyclic amines) is 1. The molecule has 1 fully saturated rings. The van der Waals surface area contributed by atoms with Crippen LogP contribution in [0.2, 0.25) is 0 Å². The van der Waals surface area contributed by atoms with Gasteiger partial charge in [0.25, 0.3) is 0 Å². The molecule has 1 N–H and O–H groups in total. The lowest BCUT2D eigenvalue weighted by atomic mass is 10.0. The molecule has 4 aromatic rings. The van der Waals surface area contributed by atoms with Gasteiger partial charge < -0.3 is 10.1 Å². The van der Waals surface area contributed by atoms with Crippen molar-refractivity contribution < 1.29 is 4.74 Å². The van der Waals surface area contributed by atoms with Gasteiger partial charge in [-0.1, -0.05) is 12.1 Å². The molecule has 7 nitrogen and oxygen atoms in total. The van der Waals surface area contributed by atoms with E-state index in [4.69, 9.17) is 25.2 Å². The molecule has 1 saturated heterocycles. The van der Waals surface area contributed by atoms with Crippen LogP contribution in [0.3, 0.4) is 0 Å². The van der Waals surface area contributed by atoms with Gasteiger partial charge in [0.05, 0.1) is 23.1 Å². The zero-order chi connectivity index (χ0) is 26.5. The van der Waals surface area contributed by atoms with Crippen LogP contribution in [-0.4, -0.2) is 34.0 Å². The predicted octanol–water partition coefficient (Wildman–Crippen LogP) is 6.59. The molecule has 8 heteroatoms. The Bertz CT molecular complexity index is 1530. The topological polar surface area (TPSA) is 97.9 Å². The van der Waals surface area contributed by atoms with Gasteiger partial charge in [-0.3, -0.25) is 4.90 Å². The van der Waals surface area contributed by atoms with Crippen molar-refractivity contribution in [3.8, 4) is 23.8 Å². The van der Waals surface area contributed by atoms with Gasteiger partial charge in [-0.05, 0) is 90.7 Å². The van der Waals surface area contributed by atoms with E-state index in [1.54, 1.807) is 17.4 Å². The summed E-state index contributed by atoms with van der Waals surface area (Å²) < 4.78 is 6.40. The van der Waals surface area contributed by atoms with Crippen LogP contribution in [0.4, 0.5) is 5.95 Å². The molecule has 3 heterocycles. The highest BCUT2D eigenvalue weighted by Crippen LogP contribution is 2.35. The van der Waals surface area contributed by atoms with Gasteiger partial charge >= 0.3 is 0 Å². The summed E-state index contributed by atoms with van der Waals surface area (Å²) in [5.41, 5.74) is 4.84.